The molecule has 2 aromatic carbocycles. The van der Waals surface area contributed by atoms with Crippen molar-refractivity contribution in [2.75, 3.05) is 16.0 Å². The predicted octanol–water partition coefficient (Wildman–Crippen LogP) is 8.58. The Hall–Kier alpha value is -4.66. The number of fused-ring (bicyclic) bond motifs is 2. The quantitative estimate of drug-likeness (QED) is 0.176. The number of benzene rings is 2. The molecule has 0 atom stereocenters. The van der Waals surface area contributed by atoms with Gasteiger partial charge in [-0.25, -0.2) is 9.78 Å². The van der Waals surface area contributed by atoms with Crippen LogP contribution in [0.5, 0.6) is 0 Å². The predicted molar refractivity (Wildman–Crippen MR) is 186 cm³/mol. The molecule has 0 unspecified atom stereocenters. The van der Waals surface area contributed by atoms with Crippen LogP contribution in [0.4, 0.5) is 22.1 Å². The summed E-state index contributed by atoms with van der Waals surface area (Å²) in [6.07, 6.45) is 7.74. The summed E-state index contributed by atoms with van der Waals surface area (Å²) in [6.45, 7) is 12.5. The molecule has 1 fully saturated rings. The molecule has 1 aliphatic carbocycles. The number of nitrogens with two attached hydrogens (primary N) is 1. The zero-order valence-corrected chi connectivity index (χ0v) is 27.7. The maximum absolute atomic E-state index is 14.2. The lowest BCUT2D eigenvalue weighted by molar-refractivity contribution is 0.0575. The number of amides is 1. The molecule has 6 rings (SSSR count). The van der Waals surface area contributed by atoms with Gasteiger partial charge in [-0.05, 0) is 87.4 Å². The Bertz CT molecular complexity index is 1870. The molecule has 0 radical (unpaired) electrons. The Balaban J connectivity index is 1.48. The molecule has 5 aromatic rings. The van der Waals surface area contributed by atoms with E-state index in [1.165, 1.54) is 12.8 Å². The fourth-order valence-electron chi connectivity index (χ4n) is 6.28. The van der Waals surface area contributed by atoms with Crippen molar-refractivity contribution in [3.63, 3.8) is 0 Å². The van der Waals surface area contributed by atoms with Gasteiger partial charge in [-0.3, -0.25) is 9.88 Å². The van der Waals surface area contributed by atoms with Crippen LogP contribution >= 0.6 is 0 Å². The number of nitrogens with zero attached hydrogens (tertiary/aromatic N) is 5. The van der Waals surface area contributed by atoms with Gasteiger partial charge in [0.15, 0.2) is 5.65 Å². The van der Waals surface area contributed by atoms with Crippen LogP contribution in [0.25, 0.3) is 27.7 Å². The summed E-state index contributed by atoms with van der Waals surface area (Å²) in [7, 11) is 0. The number of carbonyl (C=O) groups excluding carboxylic acids is 1. The van der Waals surface area contributed by atoms with E-state index in [1.54, 1.807) is 15.6 Å². The highest BCUT2D eigenvalue weighted by molar-refractivity contribution is 5.97. The van der Waals surface area contributed by atoms with E-state index in [0.29, 0.717) is 17.5 Å². The van der Waals surface area contributed by atoms with Crippen LogP contribution < -0.4 is 16.0 Å². The van der Waals surface area contributed by atoms with Crippen LogP contribution in [0.1, 0.15) is 84.3 Å². The molecule has 9 nitrogen and oxygen atoms in total. The third-order valence-corrected chi connectivity index (χ3v) is 8.75. The number of aromatic nitrogens is 4. The van der Waals surface area contributed by atoms with Crippen molar-refractivity contribution in [3.05, 3.63) is 78.1 Å². The van der Waals surface area contributed by atoms with Gasteiger partial charge in [-0.1, -0.05) is 51.1 Å². The first-order valence-electron chi connectivity index (χ1n) is 16.3. The number of rotatable bonds is 7. The van der Waals surface area contributed by atoms with Crippen molar-refractivity contribution in [1.82, 2.24) is 19.6 Å². The molecule has 1 aliphatic rings. The minimum atomic E-state index is -0.703. The van der Waals surface area contributed by atoms with Gasteiger partial charge in [0.2, 0.25) is 0 Å². The number of anilines is 3. The lowest BCUT2D eigenvalue weighted by Crippen LogP contribution is -2.38. The highest BCUT2D eigenvalue weighted by Crippen LogP contribution is 2.34. The number of hydrogen-bond acceptors (Lipinski definition) is 7. The van der Waals surface area contributed by atoms with Gasteiger partial charge >= 0.3 is 6.09 Å². The lowest BCUT2D eigenvalue weighted by atomic mass is 9.87. The SMILES string of the molecule is CC1CCC(Nc2cc(N(Cc3ccccc3-c3nccc4cc(N)ccc34)C(=O)OC(C)(C)C)n3ncc(C(C)C)c3n2)CC1. The standard InChI is InChI=1S/C37H45N7O2/c1-23(2)31-21-40-44-33(20-32(42-35(31)44)41-28-14-11-24(3)12-15-28)43(36(45)46-37(4,5)6)22-26-9-7-8-10-29(26)34-30-16-13-27(38)19-25(30)17-18-39-34/h7-10,13,16-21,23-24,28H,11-12,14-15,22,38H2,1-6H3,(H,41,42). The Kier molecular flexibility index (Phi) is 8.59. The average Bonchev–Trinajstić information content (AvgIpc) is 3.44. The van der Waals surface area contributed by atoms with Gasteiger partial charge < -0.3 is 15.8 Å². The molecule has 9 heteroatoms. The van der Waals surface area contributed by atoms with Crippen LogP contribution in [-0.4, -0.2) is 37.3 Å². The summed E-state index contributed by atoms with van der Waals surface area (Å²) < 4.78 is 7.81. The fourth-order valence-corrected chi connectivity index (χ4v) is 6.28. The first-order chi connectivity index (χ1) is 22.0. The Labute approximate surface area is 271 Å². The van der Waals surface area contributed by atoms with Crippen LogP contribution in [0.2, 0.25) is 0 Å². The second-order valence-corrected chi connectivity index (χ2v) is 14.0. The summed E-state index contributed by atoms with van der Waals surface area (Å²) in [6, 6.07) is 18.1. The van der Waals surface area contributed by atoms with Gasteiger partial charge in [0.1, 0.15) is 17.2 Å². The summed E-state index contributed by atoms with van der Waals surface area (Å²) in [5.74, 6) is 2.26. The number of nitrogen functional groups attached to an aromatic ring is 1. The maximum Gasteiger partial charge on any atom is 0.416 e. The monoisotopic (exact) mass is 619 g/mol. The lowest BCUT2D eigenvalue weighted by Gasteiger charge is -2.30. The highest BCUT2D eigenvalue weighted by Gasteiger charge is 2.29. The largest absolute Gasteiger partial charge is 0.443 e. The van der Waals surface area contributed by atoms with Crippen LogP contribution in [0.15, 0.2) is 67.0 Å². The Morgan fingerprint density at radius 2 is 1.85 bits per heavy atom. The molecule has 0 saturated heterocycles. The van der Waals surface area contributed by atoms with Crippen molar-refractivity contribution in [1.29, 1.82) is 0 Å². The van der Waals surface area contributed by atoms with E-state index in [-0.39, 0.29) is 12.5 Å². The fraction of sp³-hybridized carbons (Fsp3) is 0.405. The molecule has 0 bridgehead atoms. The molecular weight excluding hydrogens is 574 g/mol. The summed E-state index contributed by atoms with van der Waals surface area (Å²) in [4.78, 5) is 25.7. The van der Waals surface area contributed by atoms with Crippen molar-refractivity contribution >= 4 is 39.8 Å². The van der Waals surface area contributed by atoms with E-state index >= 15 is 0 Å². The third-order valence-electron chi connectivity index (χ3n) is 8.75. The molecule has 3 N–H and O–H groups in total. The van der Waals surface area contributed by atoms with Crippen molar-refractivity contribution in [2.45, 2.75) is 91.3 Å². The highest BCUT2D eigenvalue weighted by atomic mass is 16.6. The topological polar surface area (TPSA) is 111 Å². The van der Waals surface area contributed by atoms with Crippen LogP contribution in [0.3, 0.4) is 0 Å². The van der Waals surface area contributed by atoms with Crippen LogP contribution in [-0.2, 0) is 11.3 Å². The Morgan fingerprint density at radius 1 is 1.09 bits per heavy atom. The van der Waals surface area contributed by atoms with E-state index in [9.17, 15) is 4.79 Å². The summed E-state index contributed by atoms with van der Waals surface area (Å²) in [5, 5.41) is 10.5. The number of nitrogens with one attached hydrogen (secondary N) is 1. The van der Waals surface area contributed by atoms with E-state index in [0.717, 1.165) is 63.4 Å². The van der Waals surface area contributed by atoms with E-state index in [2.05, 4.69) is 26.1 Å². The van der Waals surface area contributed by atoms with Gasteiger partial charge in [0.25, 0.3) is 0 Å². The number of carbonyl (C=O) groups is 1. The second kappa shape index (κ2) is 12.6. The second-order valence-electron chi connectivity index (χ2n) is 14.0. The van der Waals surface area contributed by atoms with Gasteiger partial charge in [0.05, 0.1) is 18.4 Å². The summed E-state index contributed by atoms with van der Waals surface area (Å²) >= 11 is 0. The molecule has 3 aromatic heterocycles. The molecule has 46 heavy (non-hydrogen) atoms. The van der Waals surface area contributed by atoms with Gasteiger partial charge in [-0.15, -0.1) is 0 Å². The number of hydrogen-bond donors (Lipinski definition) is 2. The van der Waals surface area contributed by atoms with Gasteiger partial charge in [-0.2, -0.15) is 9.61 Å². The van der Waals surface area contributed by atoms with E-state index in [1.807, 2.05) is 81.6 Å². The average molecular weight is 620 g/mol. The van der Waals surface area contributed by atoms with E-state index < -0.39 is 11.7 Å². The summed E-state index contributed by atoms with van der Waals surface area (Å²) in [5.41, 5.74) is 10.5. The smallest absolute Gasteiger partial charge is 0.416 e. The van der Waals surface area contributed by atoms with Crippen molar-refractivity contribution in [2.24, 2.45) is 5.92 Å². The Morgan fingerprint density at radius 3 is 2.59 bits per heavy atom. The molecule has 1 amide bonds. The van der Waals surface area contributed by atoms with Crippen molar-refractivity contribution in [3.8, 4) is 11.3 Å². The maximum atomic E-state index is 14.2. The molecule has 3 heterocycles. The minimum Gasteiger partial charge on any atom is -0.443 e. The van der Waals surface area contributed by atoms with Gasteiger partial charge in [0, 0.05) is 40.5 Å². The number of pyridine rings is 1. The molecule has 1 saturated carbocycles. The first kappa shape index (κ1) is 31.3. The number of ether oxygens (including phenoxy) is 1. The van der Waals surface area contributed by atoms with Crippen molar-refractivity contribution < 1.29 is 9.53 Å². The zero-order chi connectivity index (χ0) is 32.6. The van der Waals surface area contributed by atoms with Crippen LogP contribution in [0, 0.1) is 5.92 Å². The third kappa shape index (κ3) is 6.64. The molecular formula is C37H45N7O2. The van der Waals surface area contributed by atoms with E-state index in [4.69, 9.17) is 25.5 Å². The normalized spacial score (nSPS) is 17.0. The zero-order valence-electron chi connectivity index (χ0n) is 27.7. The molecule has 240 valence electrons. The first-order valence-corrected chi connectivity index (χ1v) is 16.3. The molecule has 0 aliphatic heterocycles. The minimum absolute atomic E-state index is 0.200. The molecule has 0 spiro atoms.